The number of hydrogen-bond donors (Lipinski definition) is 2. The Kier molecular flexibility index (Phi) is 4.00. The Labute approximate surface area is 112 Å². The van der Waals surface area contributed by atoms with Crippen LogP contribution < -0.4 is 11.3 Å². The molecule has 1 aromatic heterocycles. The fourth-order valence-electron chi connectivity index (χ4n) is 1.55. The highest BCUT2D eigenvalue weighted by atomic mass is 79.9. The zero-order chi connectivity index (χ0) is 11.5. The molecule has 1 aromatic carbocycles. The van der Waals surface area contributed by atoms with Gasteiger partial charge in [0.05, 0.1) is 6.04 Å². The molecule has 0 aliphatic heterocycles. The van der Waals surface area contributed by atoms with E-state index in [4.69, 9.17) is 17.4 Å². The lowest BCUT2D eigenvalue weighted by atomic mass is 10.0. The van der Waals surface area contributed by atoms with Crippen LogP contribution in [-0.2, 0) is 0 Å². The summed E-state index contributed by atoms with van der Waals surface area (Å²) < 4.78 is 1.06. The normalized spacial score (nSPS) is 12.7. The van der Waals surface area contributed by atoms with Crippen LogP contribution in [0.4, 0.5) is 0 Å². The summed E-state index contributed by atoms with van der Waals surface area (Å²) in [6, 6.07) is 7.64. The van der Waals surface area contributed by atoms with Gasteiger partial charge in [-0.3, -0.25) is 5.84 Å². The highest BCUT2D eigenvalue weighted by Crippen LogP contribution is 2.31. The van der Waals surface area contributed by atoms with Crippen molar-refractivity contribution in [2.75, 3.05) is 0 Å². The van der Waals surface area contributed by atoms with Crippen LogP contribution in [0.2, 0.25) is 5.02 Å². The molecule has 0 radical (unpaired) electrons. The number of nitrogens with two attached hydrogens (primary N) is 1. The topological polar surface area (TPSA) is 38.0 Å². The molecule has 3 N–H and O–H groups in total. The van der Waals surface area contributed by atoms with Gasteiger partial charge in [-0.15, -0.1) is 0 Å². The predicted molar refractivity (Wildman–Crippen MR) is 72.6 cm³/mol. The zero-order valence-corrected chi connectivity index (χ0v) is 11.4. The van der Waals surface area contributed by atoms with Gasteiger partial charge in [0.25, 0.3) is 0 Å². The standard InChI is InChI=1S/C11H10BrClN2S/c12-10-6-16-5-9(10)11(15-14)7-2-1-3-8(13)4-7/h1-6,11,15H,14H2. The van der Waals surface area contributed by atoms with Gasteiger partial charge in [0, 0.05) is 14.9 Å². The molecule has 0 spiro atoms. The lowest BCUT2D eigenvalue weighted by Crippen LogP contribution is -2.28. The number of hydrogen-bond acceptors (Lipinski definition) is 3. The maximum atomic E-state index is 5.97. The lowest BCUT2D eigenvalue weighted by Gasteiger charge is -2.16. The molecule has 1 unspecified atom stereocenters. The third kappa shape index (κ3) is 2.47. The Morgan fingerprint density at radius 3 is 2.75 bits per heavy atom. The smallest absolute Gasteiger partial charge is 0.0729 e. The maximum Gasteiger partial charge on any atom is 0.0729 e. The molecule has 84 valence electrons. The third-order valence-electron chi connectivity index (χ3n) is 2.30. The number of hydrazine groups is 1. The predicted octanol–water partition coefficient (Wildman–Crippen LogP) is 3.72. The van der Waals surface area contributed by atoms with Crippen LogP contribution >= 0.6 is 38.9 Å². The fourth-order valence-corrected chi connectivity index (χ4v) is 3.30. The van der Waals surface area contributed by atoms with Crippen molar-refractivity contribution in [3.8, 4) is 0 Å². The molecule has 0 saturated carbocycles. The summed E-state index contributed by atoms with van der Waals surface area (Å²) in [5.41, 5.74) is 4.98. The Morgan fingerprint density at radius 2 is 2.19 bits per heavy atom. The highest BCUT2D eigenvalue weighted by molar-refractivity contribution is 9.10. The lowest BCUT2D eigenvalue weighted by molar-refractivity contribution is 0.637. The van der Waals surface area contributed by atoms with Crippen LogP contribution in [0.5, 0.6) is 0 Å². The molecular formula is C11H10BrClN2S. The van der Waals surface area contributed by atoms with E-state index in [9.17, 15) is 0 Å². The molecule has 0 fully saturated rings. The van der Waals surface area contributed by atoms with Gasteiger partial charge in [-0.2, -0.15) is 11.3 Å². The summed E-state index contributed by atoms with van der Waals surface area (Å²) in [5.74, 6) is 5.61. The summed E-state index contributed by atoms with van der Waals surface area (Å²) in [7, 11) is 0. The van der Waals surface area contributed by atoms with Crippen molar-refractivity contribution < 1.29 is 0 Å². The first-order chi connectivity index (χ1) is 7.72. The summed E-state index contributed by atoms with van der Waals surface area (Å²) in [6.45, 7) is 0. The fraction of sp³-hybridized carbons (Fsp3) is 0.0909. The molecule has 0 bridgehead atoms. The third-order valence-corrected chi connectivity index (χ3v) is 4.29. The van der Waals surface area contributed by atoms with Gasteiger partial charge in [0.1, 0.15) is 0 Å². The first-order valence-electron chi connectivity index (χ1n) is 4.65. The van der Waals surface area contributed by atoms with Gasteiger partial charge in [-0.1, -0.05) is 23.7 Å². The van der Waals surface area contributed by atoms with Gasteiger partial charge in [-0.25, -0.2) is 5.43 Å². The van der Waals surface area contributed by atoms with E-state index in [0.717, 1.165) is 15.6 Å². The molecule has 0 amide bonds. The van der Waals surface area contributed by atoms with Crippen LogP contribution in [0.15, 0.2) is 39.5 Å². The SMILES string of the molecule is NNC(c1cccc(Cl)c1)c1cscc1Br. The van der Waals surface area contributed by atoms with Crippen LogP contribution in [0.3, 0.4) is 0 Å². The molecule has 1 atom stereocenters. The van der Waals surface area contributed by atoms with Crippen molar-refractivity contribution in [2.24, 2.45) is 5.84 Å². The minimum atomic E-state index is -0.0423. The van der Waals surface area contributed by atoms with E-state index in [-0.39, 0.29) is 6.04 Å². The van der Waals surface area contributed by atoms with Crippen molar-refractivity contribution in [2.45, 2.75) is 6.04 Å². The molecular weight excluding hydrogens is 308 g/mol. The van der Waals surface area contributed by atoms with Crippen LogP contribution in [0.25, 0.3) is 0 Å². The summed E-state index contributed by atoms with van der Waals surface area (Å²) in [6.07, 6.45) is 0. The second-order valence-electron chi connectivity index (χ2n) is 3.33. The minimum Gasteiger partial charge on any atom is -0.271 e. The number of halogens is 2. The molecule has 2 nitrogen and oxygen atoms in total. The molecule has 0 saturated heterocycles. The van der Waals surface area contributed by atoms with Crippen molar-refractivity contribution in [1.82, 2.24) is 5.43 Å². The molecule has 2 rings (SSSR count). The second-order valence-corrected chi connectivity index (χ2v) is 5.36. The molecule has 16 heavy (non-hydrogen) atoms. The molecule has 2 aromatic rings. The van der Waals surface area contributed by atoms with E-state index in [1.807, 2.05) is 29.6 Å². The Balaban J connectivity index is 2.40. The Hall–Kier alpha value is -0.390. The molecule has 5 heteroatoms. The average molecular weight is 318 g/mol. The average Bonchev–Trinajstić information content (AvgIpc) is 2.67. The van der Waals surface area contributed by atoms with Crippen molar-refractivity contribution >= 4 is 38.9 Å². The summed E-state index contributed by atoms with van der Waals surface area (Å²) >= 11 is 11.1. The number of nitrogens with one attached hydrogen (secondary N) is 1. The van der Waals surface area contributed by atoms with Gasteiger partial charge in [-0.05, 0) is 44.6 Å². The Bertz CT molecular complexity index is 486. The zero-order valence-electron chi connectivity index (χ0n) is 8.28. The van der Waals surface area contributed by atoms with Crippen LogP contribution in [0.1, 0.15) is 17.2 Å². The second kappa shape index (κ2) is 5.29. The highest BCUT2D eigenvalue weighted by Gasteiger charge is 2.16. The van der Waals surface area contributed by atoms with Gasteiger partial charge < -0.3 is 0 Å². The quantitative estimate of drug-likeness (QED) is 0.669. The van der Waals surface area contributed by atoms with Gasteiger partial charge >= 0.3 is 0 Å². The van der Waals surface area contributed by atoms with E-state index in [0.29, 0.717) is 5.02 Å². The molecule has 1 heterocycles. The first kappa shape index (κ1) is 12.1. The first-order valence-corrected chi connectivity index (χ1v) is 6.77. The van der Waals surface area contributed by atoms with E-state index >= 15 is 0 Å². The van der Waals surface area contributed by atoms with Crippen LogP contribution in [0, 0.1) is 0 Å². The van der Waals surface area contributed by atoms with E-state index in [1.54, 1.807) is 11.3 Å². The van der Waals surface area contributed by atoms with Gasteiger partial charge in [0.2, 0.25) is 0 Å². The maximum absolute atomic E-state index is 5.97. The molecule has 0 aliphatic rings. The van der Waals surface area contributed by atoms with Crippen molar-refractivity contribution in [1.29, 1.82) is 0 Å². The Morgan fingerprint density at radius 1 is 1.38 bits per heavy atom. The van der Waals surface area contributed by atoms with Gasteiger partial charge in [0.15, 0.2) is 0 Å². The van der Waals surface area contributed by atoms with Crippen molar-refractivity contribution in [3.05, 3.63) is 55.6 Å². The monoisotopic (exact) mass is 316 g/mol. The summed E-state index contributed by atoms with van der Waals surface area (Å²) in [4.78, 5) is 0. The number of rotatable bonds is 3. The minimum absolute atomic E-state index is 0.0423. The van der Waals surface area contributed by atoms with Crippen LogP contribution in [-0.4, -0.2) is 0 Å². The van der Waals surface area contributed by atoms with E-state index < -0.39 is 0 Å². The summed E-state index contributed by atoms with van der Waals surface area (Å²) in [5, 5.41) is 4.81. The van der Waals surface area contributed by atoms with E-state index in [2.05, 4.69) is 26.7 Å². The molecule has 0 aliphatic carbocycles. The van der Waals surface area contributed by atoms with E-state index in [1.165, 1.54) is 0 Å². The van der Waals surface area contributed by atoms with Crippen molar-refractivity contribution in [3.63, 3.8) is 0 Å². The largest absolute Gasteiger partial charge is 0.271 e. The number of benzene rings is 1. The number of thiophene rings is 1.